The van der Waals surface area contributed by atoms with Gasteiger partial charge in [-0.1, -0.05) is 12.1 Å². The molecule has 0 aliphatic rings. The molecule has 2 radical (unpaired) electrons. The van der Waals surface area contributed by atoms with Gasteiger partial charge in [0.25, 0.3) is 0 Å². The van der Waals surface area contributed by atoms with E-state index >= 15 is 0 Å². The summed E-state index contributed by atoms with van der Waals surface area (Å²) in [5.74, 6) is 0.964. The van der Waals surface area contributed by atoms with Gasteiger partial charge < -0.3 is 14.0 Å². The molecule has 0 bridgehead atoms. The fraction of sp³-hybridized carbons (Fsp3) is 0.333. The monoisotopic (exact) mass is 369 g/mol. The Hall–Kier alpha value is -2.19. The number of aromatic nitrogens is 3. The highest BCUT2D eigenvalue weighted by atomic mass is 32.2. The number of fused-ring (bicyclic) bond motifs is 1. The molecule has 0 amide bonds. The molecule has 26 heavy (non-hydrogen) atoms. The Morgan fingerprint density at radius 3 is 2.81 bits per heavy atom. The van der Waals surface area contributed by atoms with Crippen molar-refractivity contribution in [2.75, 3.05) is 20.3 Å². The Morgan fingerprint density at radius 1 is 1.23 bits per heavy atom. The van der Waals surface area contributed by atoms with Gasteiger partial charge in [0, 0.05) is 31.9 Å². The number of nitrogens with zero attached hydrogens (tertiary/aromatic N) is 3. The third-order valence-corrected chi connectivity index (χ3v) is 5.27. The Bertz CT molecular complexity index is 929. The highest BCUT2D eigenvalue weighted by molar-refractivity contribution is 7.84. The molecule has 0 N–H and O–H groups in total. The quantitative estimate of drug-likeness (QED) is 0.451. The summed E-state index contributed by atoms with van der Waals surface area (Å²) in [5, 5.41) is 0.332. The smallest absolute Gasteiger partial charge is 0.237 e. The summed E-state index contributed by atoms with van der Waals surface area (Å²) in [5.41, 5.74) is 3.05. The first-order valence-electron chi connectivity index (χ1n) is 8.29. The van der Waals surface area contributed by atoms with Gasteiger partial charge in [-0.15, -0.1) is 0 Å². The first kappa shape index (κ1) is 18.6. The predicted octanol–water partition coefficient (Wildman–Crippen LogP) is 2.39. The van der Waals surface area contributed by atoms with Crippen LogP contribution >= 0.6 is 0 Å². The van der Waals surface area contributed by atoms with Gasteiger partial charge in [-0.05, 0) is 25.1 Å². The lowest BCUT2D eigenvalue weighted by molar-refractivity contribution is 0.172. The Kier molecular flexibility index (Phi) is 6.06. The molecule has 8 heteroatoms. The summed E-state index contributed by atoms with van der Waals surface area (Å²) < 4.78 is 25.0. The van der Waals surface area contributed by atoms with Gasteiger partial charge in [0.15, 0.2) is 5.16 Å². The second-order valence-electron chi connectivity index (χ2n) is 5.82. The topological polar surface area (TPSA) is 66.2 Å². The van der Waals surface area contributed by atoms with E-state index < -0.39 is 10.8 Å². The van der Waals surface area contributed by atoms with Gasteiger partial charge in [-0.25, -0.2) is 4.98 Å². The van der Waals surface area contributed by atoms with Crippen LogP contribution in [0.4, 0.5) is 0 Å². The molecule has 0 aliphatic carbocycles. The van der Waals surface area contributed by atoms with E-state index in [9.17, 15) is 4.21 Å². The third kappa shape index (κ3) is 3.97. The van der Waals surface area contributed by atoms with Crippen molar-refractivity contribution < 1.29 is 13.7 Å². The summed E-state index contributed by atoms with van der Waals surface area (Å²) in [6.07, 6.45) is 2.47. The molecule has 0 spiro atoms. The number of ether oxygens (including phenoxy) is 2. The zero-order valence-corrected chi connectivity index (χ0v) is 15.7. The second kappa shape index (κ2) is 8.46. The molecule has 0 fully saturated rings. The third-order valence-electron chi connectivity index (χ3n) is 4.04. The van der Waals surface area contributed by atoms with Gasteiger partial charge in [-0.2, -0.15) is 0 Å². The van der Waals surface area contributed by atoms with Gasteiger partial charge in [0.1, 0.15) is 5.75 Å². The second-order valence-corrected chi connectivity index (χ2v) is 7.16. The summed E-state index contributed by atoms with van der Waals surface area (Å²) in [4.78, 5) is 8.75. The van der Waals surface area contributed by atoms with Crippen molar-refractivity contribution >= 4 is 29.8 Å². The number of hydrogen-bond acceptors (Lipinski definition) is 5. The van der Waals surface area contributed by atoms with Crippen LogP contribution in [0, 0.1) is 6.92 Å². The van der Waals surface area contributed by atoms with Crippen LogP contribution in [0.3, 0.4) is 0 Å². The predicted molar refractivity (Wildman–Crippen MR) is 102 cm³/mol. The number of methoxy groups -OCH3 is 1. The minimum Gasteiger partial charge on any atom is -0.493 e. The van der Waals surface area contributed by atoms with Crippen LogP contribution in [0.15, 0.2) is 41.7 Å². The Labute approximate surface area is 156 Å². The number of rotatable bonds is 8. The lowest BCUT2D eigenvalue weighted by Crippen LogP contribution is -2.09. The Balaban J connectivity index is 1.77. The minimum absolute atomic E-state index is 0.224. The molecule has 2 aromatic heterocycles. The highest BCUT2D eigenvalue weighted by Crippen LogP contribution is 2.23. The van der Waals surface area contributed by atoms with Crippen LogP contribution in [0.5, 0.6) is 5.75 Å². The molecular weight excluding hydrogens is 349 g/mol. The van der Waals surface area contributed by atoms with Crippen molar-refractivity contribution in [3.8, 4) is 5.75 Å². The zero-order valence-electron chi connectivity index (χ0n) is 14.8. The fourth-order valence-electron chi connectivity index (χ4n) is 2.62. The number of para-hydroxylation sites is 2. The Morgan fingerprint density at radius 2 is 2.04 bits per heavy atom. The molecule has 0 aliphatic heterocycles. The summed E-state index contributed by atoms with van der Waals surface area (Å²) in [6.45, 7) is 3.12. The lowest BCUT2D eigenvalue weighted by Gasteiger charge is -2.12. The number of hydrogen-bond donors (Lipinski definition) is 0. The standard InChI is InChI=1S/C18H20BN3O3S/c1-13-15(20-9-8-17(13)25-11-5-10-24-2)12-26(23)18-21-14-6-3-4-7-16(14)22(18)19/h3-4,6-9H,5,10-12H2,1-2H3. The van der Waals surface area contributed by atoms with Gasteiger partial charge in [0.2, 0.25) is 7.98 Å². The maximum atomic E-state index is 12.8. The van der Waals surface area contributed by atoms with Crippen molar-refractivity contribution in [2.24, 2.45) is 0 Å². The van der Waals surface area contributed by atoms with E-state index in [1.54, 1.807) is 13.3 Å². The minimum atomic E-state index is -1.42. The van der Waals surface area contributed by atoms with E-state index in [2.05, 4.69) is 9.97 Å². The van der Waals surface area contributed by atoms with E-state index in [-0.39, 0.29) is 5.75 Å². The maximum absolute atomic E-state index is 12.8. The van der Waals surface area contributed by atoms with E-state index in [0.717, 1.165) is 28.8 Å². The van der Waals surface area contributed by atoms with Crippen LogP contribution in [0.25, 0.3) is 11.0 Å². The molecular formula is C18H20BN3O3S. The molecule has 3 rings (SSSR count). The van der Waals surface area contributed by atoms with Crippen molar-refractivity contribution in [1.82, 2.24) is 14.4 Å². The first-order chi connectivity index (χ1) is 12.6. The SMILES string of the molecule is [B]n1c(S(=O)Cc2nccc(OCCCOC)c2C)nc2ccccc21. The molecule has 2 heterocycles. The van der Waals surface area contributed by atoms with Crippen molar-refractivity contribution in [3.05, 3.63) is 47.8 Å². The van der Waals surface area contributed by atoms with E-state index in [1.807, 2.05) is 37.3 Å². The average Bonchev–Trinajstić information content (AvgIpc) is 2.99. The normalized spacial score (nSPS) is 12.4. The van der Waals surface area contributed by atoms with Gasteiger partial charge >= 0.3 is 0 Å². The molecule has 1 unspecified atom stereocenters. The number of benzene rings is 1. The van der Waals surface area contributed by atoms with Crippen LogP contribution in [-0.4, -0.2) is 47.0 Å². The average molecular weight is 369 g/mol. The summed E-state index contributed by atoms with van der Waals surface area (Å²) in [7, 11) is 6.31. The number of pyridine rings is 1. The van der Waals surface area contributed by atoms with E-state index in [0.29, 0.717) is 24.1 Å². The molecule has 0 saturated carbocycles. The summed E-state index contributed by atoms with van der Waals surface area (Å²) >= 11 is 0. The van der Waals surface area contributed by atoms with Crippen molar-refractivity contribution in [1.29, 1.82) is 0 Å². The van der Waals surface area contributed by atoms with E-state index in [1.165, 1.54) is 4.48 Å². The largest absolute Gasteiger partial charge is 0.493 e. The van der Waals surface area contributed by atoms with Crippen LogP contribution in [0.2, 0.25) is 0 Å². The molecule has 1 aromatic carbocycles. The molecule has 6 nitrogen and oxygen atoms in total. The first-order valence-corrected chi connectivity index (χ1v) is 9.61. The van der Waals surface area contributed by atoms with E-state index in [4.69, 9.17) is 17.5 Å². The highest BCUT2D eigenvalue weighted by Gasteiger charge is 2.16. The molecule has 1 atom stereocenters. The van der Waals surface area contributed by atoms with Crippen molar-refractivity contribution in [2.45, 2.75) is 24.3 Å². The van der Waals surface area contributed by atoms with Crippen LogP contribution < -0.4 is 4.74 Å². The van der Waals surface area contributed by atoms with Crippen LogP contribution in [0.1, 0.15) is 17.7 Å². The molecule has 3 aromatic rings. The fourth-order valence-corrected chi connectivity index (χ4v) is 3.80. The van der Waals surface area contributed by atoms with Gasteiger partial charge in [-0.3, -0.25) is 9.19 Å². The molecule has 0 saturated heterocycles. The summed E-state index contributed by atoms with van der Waals surface area (Å²) in [6, 6.07) is 9.25. The van der Waals surface area contributed by atoms with Gasteiger partial charge in [0.05, 0.1) is 39.9 Å². The molecule has 134 valence electrons. The van der Waals surface area contributed by atoms with Crippen molar-refractivity contribution in [3.63, 3.8) is 0 Å². The number of imidazole rings is 1. The van der Waals surface area contributed by atoms with Crippen LogP contribution in [-0.2, 0) is 21.3 Å². The maximum Gasteiger partial charge on any atom is 0.237 e. The zero-order chi connectivity index (χ0) is 18.5. The lowest BCUT2D eigenvalue weighted by atomic mass is 10.2.